The number of carbonyl (C=O) groups excluding carboxylic acids is 1. The smallest absolute Gasteiger partial charge is 0.326 e. The van der Waals surface area contributed by atoms with E-state index in [-0.39, 0.29) is 10.5 Å². The lowest BCUT2D eigenvalue weighted by Gasteiger charge is -2.22. The highest BCUT2D eigenvalue weighted by Crippen LogP contribution is 2.24. The molecule has 8 heteroatoms. The maximum absolute atomic E-state index is 12.9. The number of likely N-dealkylation sites (tertiary alicyclic amines) is 1. The van der Waals surface area contributed by atoms with Gasteiger partial charge in [-0.05, 0) is 43.2 Å². The largest absolute Gasteiger partial charge is 0.480 e. The van der Waals surface area contributed by atoms with Gasteiger partial charge >= 0.3 is 5.97 Å². The highest BCUT2D eigenvalue weighted by atomic mass is 32.2. The molecule has 0 aliphatic carbocycles. The number of anilines is 1. The molecule has 0 unspecified atom stereocenters. The number of nitrogens with zero attached hydrogens (tertiary/aromatic N) is 2. The summed E-state index contributed by atoms with van der Waals surface area (Å²) in [6, 6.07) is 13.5. The quantitative estimate of drug-likeness (QED) is 0.847. The fraction of sp³-hybridized carbons (Fsp3) is 0.263. The minimum Gasteiger partial charge on any atom is -0.480 e. The van der Waals surface area contributed by atoms with Crippen LogP contribution in [0.2, 0.25) is 0 Å². The van der Waals surface area contributed by atoms with Gasteiger partial charge in [0.2, 0.25) is 0 Å². The summed E-state index contributed by atoms with van der Waals surface area (Å²) in [5.41, 5.74) is 0.658. The van der Waals surface area contributed by atoms with Crippen LogP contribution in [-0.4, -0.2) is 49.9 Å². The first kappa shape index (κ1) is 18.9. The molecule has 142 valence electrons. The number of sulfonamides is 1. The summed E-state index contributed by atoms with van der Waals surface area (Å²) >= 11 is 0. The van der Waals surface area contributed by atoms with Crippen LogP contribution in [0.25, 0.3) is 0 Å². The van der Waals surface area contributed by atoms with Crippen molar-refractivity contribution in [1.29, 1.82) is 0 Å². The van der Waals surface area contributed by atoms with E-state index >= 15 is 0 Å². The van der Waals surface area contributed by atoms with E-state index < -0.39 is 27.9 Å². The van der Waals surface area contributed by atoms with E-state index in [0.29, 0.717) is 25.1 Å². The zero-order valence-electron chi connectivity index (χ0n) is 14.8. The minimum atomic E-state index is -3.86. The summed E-state index contributed by atoms with van der Waals surface area (Å²) in [4.78, 5) is 25.3. The van der Waals surface area contributed by atoms with Crippen molar-refractivity contribution >= 4 is 27.6 Å². The Morgan fingerprint density at radius 1 is 1.11 bits per heavy atom. The number of benzene rings is 2. The Balaban J connectivity index is 1.91. The Labute approximate surface area is 157 Å². The van der Waals surface area contributed by atoms with E-state index in [1.165, 1.54) is 36.2 Å². The Hall–Kier alpha value is -2.87. The average Bonchev–Trinajstić information content (AvgIpc) is 3.17. The maximum Gasteiger partial charge on any atom is 0.326 e. The number of carboxylic acids is 1. The summed E-state index contributed by atoms with van der Waals surface area (Å²) in [6.45, 7) is 0.344. The van der Waals surface area contributed by atoms with Crippen molar-refractivity contribution in [2.75, 3.05) is 17.9 Å². The molecule has 1 saturated heterocycles. The summed E-state index contributed by atoms with van der Waals surface area (Å²) in [5, 5.41) is 9.27. The molecule has 1 atom stereocenters. The van der Waals surface area contributed by atoms with Crippen LogP contribution in [0.5, 0.6) is 0 Å². The number of carboxylic acid groups (broad SMARTS) is 1. The van der Waals surface area contributed by atoms with Crippen LogP contribution in [-0.2, 0) is 14.8 Å². The second-order valence-corrected chi connectivity index (χ2v) is 8.30. The van der Waals surface area contributed by atoms with E-state index in [1.807, 2.05) is 0 Å². The summed E-state index contributed by atoms with van der Waals surface area (Å²) in [7, 11) is -2.41. The first-order valence-corrected chi connectivity index (χ1v) is 9.94. The molecule has 0 aromatic heterocycles. The third kappa shape index (κ3) is 3.66. The van der Waals surface area contributed by atoms with Crippen LogP contribution >= 0.6 is 0 Å². The van der Waals surface area contributed by atoms with Gasteiger partial charge in [-0.15, -0.1) is 0 Å². The predicted molar refractivity (Wildman–Crippen MR) is 100 cm³/mol. The molecule has 3 rings (SSSR count). The van der Waals surface area contributed by atoms with Gasteiger partial charge in [0.25, 0.3) is 15.9 Å². The Morgan fingerprint density at radius 3 is 2.48 bits per heavy atom. The van der Waals surface area contributed by atoms with Crippen LogP contribution in [0.15, 0.2) is 59.5 Å². The fourth-order valence-corrected chi connectivity index (χ4v) is 4.40. The fourth-order valence-electron chi connectivity index (χ4n) is 3.16. The molecule has 1 aliphatic rings. The number of hydrogen-bond donors (Lipinski definition) is 1. The molecule has 0 radical (unpaired) electrons. The molecule has 0 saturated carbocycles. The molecular weight excluding hydrogens is 368 g/mol. The molecule has 27 heavy (non-hydrogen) atoms. The van der Waals surface area contributed by atoms with Crippen LogP contribution in [0.4, 0.5) is 5.69 Å². The summed E-state index contributed by atoms with van der Waals surface area (Å²) in [5.74, 6) is -1.52. The lowest BCUT2D eigenvalue weighted by Crippen LogP contribution is -2.40. The van der Waals surface area contributed by atoms with Crippen molar-refractivity contribution < 1.29 is 23.1 Å². The van der Waals surface area contributed by atoms with Crippen molar-refractivity contribution in [2.24, 2.45) is 0 Å². The molecule has 1 N–H and O–H groups in total. The standard InChI is InChI=1S/C19H20N2O5S/c1-20(15-8-3-2-4-9-15)27(25,26)16-10-5-7-14(13-16)18(22)21-12-6-11-17(21)19(23)24/h2-5,7-10,13,17H,6,11-12H2,1H3,(H,23,24)/t17-/m0/s1. The monoisotopic (exact) mass is 388 g/mol. The van der Waals surface area contributed by atoms with Crippen molar-refractivity contribution in [2.45, 2.75) is 23.8 Å². The molecular formula is C19H20N2O5S. The second kappa shape index (κ2) is 7.40. The highest BCUT2D eigenvalue weighted by molar-refractivity contribution is 7.92. The summed E-state index contributed by atoms with van der Waals surface area (Å²) < 4.78 is 27.0. The number of para-hydroxylation sites is 1. The van der Waals surface area contributed by atoms with Crippen molar-refractivity contribution in [1.82, 2.24) is 4.90 Å². The lowest BCUT2D eigenvalue weighted by molar-refractivity contribution is -0.141. The maximum atomic E-state index is 12.9. The van der Waals surface area contributed by atoms with Gasteiger partial charge in [-0.1, -0.05) is 24.3 Å². The number of hydrogen-bond acceptors (Lipinski definition) is 4. The van der Waals surface area contributed by atoms with Crippen molar-refractivity contribution in [3.8, 4) is 0 Å². The zero-order chi connectivity index (χ0) is 19.6. The normalized spacial score (nSPS) is 16.9. The van der Waals surface area contributed by atoms with Gasteiger partial charge < -0.3 is 10.0 Å². The van der Waals surface area contributed by atoms with Gasteiger partial charge in [0.1, 0.15) is 6.04 Å². The summed E-state index contributed by atoms with van der Waals surface area (Å²) in [6.07, 6.45) is 1.01. The molecule has 0 spiro atoms. The Bertz CT molecular complexity index is 959. The van der Waals surface area contributed by atoms with Gasteiger partial charge in [0, 0.05) is 19.2 Å². The van der Waals surface area contributed by atoms with Gasteiger partial charge in [-0.3, -0.25) is 9.10 Å². The topological polar surface area (TPSA) is 95.0 Å². The number of carbonyl (C=O) groups is 2. The molecule has 7 nitrogen and oxygen atoms in total. The van der Waals surface area contributed by atoms with E-state index in [0.717, 1.165) is 4.31 Å². The lowest BCUT2D eigenvalue weighted by atomic mass is 10.1. The first-order valence-electron chi connectivity index (χ1n) is 8.50. The van der Waals surface area contributed by atoms with Crippen LogP contribution in [0.3, 0.4) is 0 Å². The van der Waals surface area contributed by atoms with Crippen LogP contribution in [0.1, 0.15) is 23.2 Å². The minimum absolute atomic E-state index is 0.0224. The molecule has 1 heterocycles. The molecule has 0 bridgehead atoms. The Morgan fingerprint density at radius 2 is 1.81 bits per heavy atom. The van der Waals surface area contributed by atoms with E-state index in [1.54, 1.807) is 30.3 Å². The zero-order valence-corrected chi connectivity index (χ0v) is 15.6. The molecule has 2 aromatic rings. The molecule has 2 aromatic carbocycles. The number of amides is 1. The van der Waals surface area contributed by atoms with Gasteiger partial charge in [0.05, 0.1) is 10.6 Å². The van der Waals surface area contributed by atoms with Crippen LogP contribution < -0.4 is 4.31 Å². The molecule has 1 aliphatic heterocycles. The first-order chi connectivity index (χ1) is 12.8. The Kier molecular flexibility index (Phi) is 5.18. The van der Waals surface area contributed by atoms with E-state index in [9.17, 15) is 23.1 Å². The van der Waals surface area contributed by atoms with E-state index in [2.05, 4.69) is 0 Å². The predicted octanol–water partition coefficient (Wildman–Crippen LogP) is 2.20. The third-order valence-corrected chi connectivity index (χ3v) is 6.44. The molecule has 1 fully saturated rings. The van der Waals surface area contributed by atoms with Gasteiger partial charge in [-0.2, -0.15) is 0 Å². The SMILES string of the molecule is CN(c1ccccc1)S(=O)(=O)c1cccc(C(=O)N2CCC[C@H]2C(=O)O)c1. The van der Waals surface area contributed by atoms with Gasteiger partial charge in [-0.25, -0.2) is 13.2 Å². The number of aliphatic carboxylic acids is 1. The average molecular weight is 388 g/mol. The van der Waals surface area contributed by atoms with Crippen molar-refractivity contribution in [3.05, 3.63) is 60.2 Å². The van der Waals surface area contributed by atoms with Crippen LogP contribution in [0, 0.1) is 0 Å². The third-order valence-electron chi connectivity index (χ3n) is 4.66. The second-order valence-electron chi connectivity index (χ2n) is 6.33. The highest BCUT2D eigenvalue weighted by Gasteiger charge is 2.34. The number of rotatable bonds is 5. The van der Waals surface area contributed by atoms with Crippen molar-refractivity contribution in [3.63, 3.8) is 0 Å². The van der Waals surface area contributed by atoms with Gasteiger partial charge in [0.15, 0.2) is 0 Å². The van der Waals surface area contributed by atoms with E-state index in [4.69, 9.17) is 0 Å². The molecule has 1 amide bonds.